The van der Waals surface area contributed by atoms with E-state index in [-0.39, 0.29) is 11.8 Å². The van der Waals surface area contributed by atoms with E-state index < -0.39 is 11.7 Å². The van der Waals surface area contributed by atoms with E-state index in [0.717, 1.165) is 29.9 Å². The van der Waals surface area contributed by atoms with Gasteiger partial charge in [-0.2, -0.15) is 18.3 Å². The largest absolute Gasteiger partial charge is 0.417 e. The number of pyridine rings is 1. The quantitative estimate of drug-likeness (QED) is 0.887. The molecule has 1 atom stereocenters. The minimum atomic E-state index is -4.39. The molecular formula is C17H18F3N5O. The van der Waals surface area contributed by atoms with Crippen molar-refractivity contribution in [1.29, 1.82) is 0 Å². The fourth-order valence-electron chi connectivity index (χ4n) is 3.58. The maximum atomic E-state index is 12.8. The van der Waals surface area contributed by atoms with Gasteiger partial charge >= 0.3 is 6.18 Å². The van der Waals surface area contributed by atoms with Crippen molar-refractivity contribution in [3.8, 4) is 0 Å². The lowest BCUT2D eigenvalue weighted by Crippen LogP contribution is -2.40. The van der Waals surface area contributed by atoms with Crippen LogP contribution in [0.1, 0.15) is 23.2 Å². The number of alkyl halides is 3. The summed E-state index contributed by atoms with van der Waals surface area (Å²) >= 11 is 0. The molecule has 1 saturated heterocycles. The first-order valence-electron chi connectivity index (χ1n) is 8.50. The summed E-state index contributed by atoms with van der Waals surface area (Å²) in [7, 11) is 0. The van der Waals surface area contributed by atoms with Crippen molar-refractivity contribution in [2.24, 2.45) is 5.92 Å². The molecule has 0 unspecified atom stereocenters. The van der Waals surface area contributed by atoms with Crippen LogP contribution in [-0.2, 0) is 23.9 Å². The number of carbonyl (C=O) groups is 1. The van der Waals surface area contributed by atoms with Gasteiger partial charge in [0.25, 0.3) is 0 Å². The summed E-state index contributed by atoms with van der Waals surface area (Å²) < 4.78 is 37.9. The van der Waals surface area contributed by atoms with Crippen LogP contribution in [0.3, 0.4) is 0 Å². The highest BCUT2D eigenvalue weighted by atomic mass is 19.4. The molecule has 0 aromatic carbocycles. The maximum absolute atomic E-state index is 12.8. The highest BCUT2D eigenvalue weighted by Gasteiger charge is 2.34. The van der Waals surface area contributed by atoms with E-state index in [1.807, 2.05) is 9.80 Å². The van der Waals surface area contributed by atoms with Gasteiger partial charge in [-0.05, 0) is 18.6 Å². The third-order valence-corrected chi connectivity index (χ3v) is 5.05. The van der Waals surface area contributed by atoms with Gasteiger partial charge in [-0.15, -0.1) is 0 Å². The number of nitrogens with one attached hydrogen (secondary N) is 1. The van der Waals surface area contributed by atoms with Gasteiger partial charge in [0.15, 0.2) is 0 Å². The van der Waals surface area contributed by atoms with E-state index in [2.05, 4.69) is 15.2 Å². The number of amides is 1. The molecule has 4 heterocycles. The van der Waals surface area contributed by atoms with Crippen molar-refractivity contribution in [2.45, 2.75) is 25.6 Å². The number of aromatic nitrogens is 3. The molecule has 0 aliphatic carbocycles. The molecule has 2 aromatic heterocycles. The van der Waals surface area contributed by atoms with Crippen LogP contribution >= 0.6 is 0 Å². The number of aromatic amines is 1. The predicted molar refractivity (Wildman–Crippen MR) is 87.3 cm³/mol. The average molecular weight is 365 g/mol. The Bertz CT molecular complexity index is 801. The number of hydrogen-bond acceptors (Lipinski definition) is 4. The molecule has 4 rings (SSSR count). The van der Waals surface area contributed by atoms with Crippen LogP contribution in [0.4, 0.5) is 19.0 Å². The topological polar surface area (TPSA) is 65.1 Å². The van der Waals surface area contributed by atoms with Gasteiger partial charge in [0.05, 0.1) is 17.7 Å². The van der Waals surface area contributed by atoms with Crippen molar-refractivity contribution < 1.29 is 18.0 Å². The van der Waals surface area contributed by atoms with Crippen LogP contribution in [0.25, 0.3) is 0 Å². The fraction of sp³-hybridized carbons (Fsp3) is 0.471. The second-order valence-electron chi connectivity index (χ2n) is 6.72. The lowest BCUT2D eigenvalue weighted by molar-refractivity contribution is -0.138. The number of fused-ring (bicyclic) bond motifs is 1. The Morgan fingerprint density at radius 3 is 2.81 bits per heavy atom. The highest BCUT2D eigenvalue weighted by Crippen LogP contribution is 2.31. The van der Waals surface area contributed by atoms with E-state index in [9.17, 15) is 18.0 Å². The summed E-state index contributed by atoms with van der Waals surface area (Å²) in [6.45, 7) is 2.30. The van der Waals surface area contributed by atoms with Crippen molar-refractivity contribution >= 4 is 11.7 Å². The fourth-order valence-corrected chi connectivity index (χ4v) is 3.58. The molecule has 26 heavy (non-hydrogen) atoms. The van der Waals surface area contributed by atoms with Crippen LogP contribution in [0.2, 0.25) is 0 Å². The molecule has 0 spiro atoms. The third kappa shape index (κ3) is 3.13. The summed E-state index contributed by atoms with van der Waals surface area (Å²) in [4.78, 5) is 20.4. The first-order valence-corrected chi connectivity index (χ1v) is 8.50. The van der Waals surface area contributed by atoms with Crippen LogP contribution in [0, 0.1) is 5.92 Å². The predicted octanol–water partition coefficient (Wildman–Crippen LogP) is 2.23. The Labute approximate surface area is 148 Å². The summed E-state index contributed by atoms with van der Waals surface area (Å²) in [5.74, 6) is 0.405. The number of anilines is 1. The zero-order valence-electron chi connectivity index (χ0n) is 14.0. The average Bonchev–Trinajstić information content (AvgIpc) is 3.29. The lowest BCUT2D eigenvalue weighted by Gasteiger charge is -2.29. The molecule has 2 aliphatic heterocycles. The number of hydrogen-bond donors (Lipinski definition) is 1. The third-order valence-electron chi connectivity index (χ3n) is 5.05. The maximum Gasteiger partial charge on any atom is 0.417 e. The highest BCUT2D eigenvalue weighted by molar-refractivity contribution is 5.80. The molecule has 6 nitrogen and oxygen atoms in total. The van der Waals surface area contributed by atoms with Crippen LogP contribution < -0.4 is 4.90 Å². The molecule has 0 radical (unpaired) electrons. The zero-order valence-corrected chi connectivity index (χ0v) is 14.0. The Balaban J connectivity index is 1.40. The number of rotatable bonds is 2. The second kappa shape index (κ2) is 6.30. The summed E-state index contributed by atoms with van der Waals surface area (Å²) in [6.07, 6.45) is -0.360. The Hall–Kier alpha value is -2.58. The monoisotopic (exact) mass is 365 g/mol. The Morgan fingerprint density at radius 1 is 1.23 bits per heavy atom. The van der Waals surface area contributed by atoms with E-state index in [1.54, 1.807) is 6.20 Å². The summed E-state index contributed by atoms with van der Waals surface area (Å²) in [6, 6.07) is 2.40. The lowest BCUT2D eigenvalue weighted by atomic mass is 10.0. The van der Waals surface area contributed by atoms with Gasteiger partial charge in [-0.1, -0.05) is 0 Å². The van der Waals surface area contributed by atoms with Crippen molar-refractivity contribution in [1.82, 2.24) is 20.1 Å². The van der Waals surface area contributed by atoms with E-state index >= 15 is 0 Å². The van der Waals surface area contributed by atoms with E-state index in [4.69, 9.17) is 0 Å². The zero-order chi connectivity index (χ0) is 18.3. The van der Waals surface area contributed by atoms with Crippen LogP contribution in [-0.4, -0.2) is 45.6 Å². The van der Waals surface area contributed by atoms with Crippen LogP contribution in [0.5, 0.6) is 0 Å². The minimum absolute atomic E-state index is 0.0891. The van der Waals surface area contributed by atoms with Gasteiger partial charge in [0.2, 0.25) is 5.91 Å². The molecule has 138 valence electrons. The first-order chi connectivity index (χ1) is 12.4. The molecule has 9 heteroatoms. The number of nitrogens with zero attached hydrogens (tertiary/aromatic N) is 4. The molecule has 1 fully saturated rings. The SMILES string of the molecule is O=C([C@H]1CCN(c2ccc(C(F)(F)F)cn2)C1)N1CCc2[nH]ncc2C1. The Kier molecular flexibility index (Phi) is 4.08. The molecule has 2 aromatic rings. The van der Waals surface area contributed by atoms with Crippen LogP contribution in [0.15, 0.2) is 24.5 Å². The van der Waals surface area contributed by atoms with Gasteiger partial charge in [-0.3, -0.25) is 9.89 Å². The molecular weight excluding hydrogens is 347 g/mol. The molecule has 1 amide bonds. The van der Waals surface area contributed by atoms with Gasteiger partial charge < -0.3 is 9.80 Å². The van der Waals surface area contributed by atoms with E-state index in [0.29, 0.717) is 38.4 Å². The molecule has 2 aliphatic rings. The molecule has 1 N–H and O–H groups in total. The number of H-pyrrole nitrogens is 1. The smallest absolute Gasteiger partial charge is 0.356 e. The number of carbonyl (C=O) groups excluding carboxylic acids is 1. The molecule has 0 bridgehead atoms. The molecule has 0 saturated carbocycles. The normalized spacial score (nSPS) is 20.3. The minimum Gasteiger partial charge on any atom is -0.356 e. The second-order valence-corrected chi connectivity index (χ2v) is 6.72. The standard InChI is InChI=1S/C17H18F3N5O/c18-17(19,20)13-1-2-15(21-8-13)24-5-3-11(9-24)16(26)25-6-4-14-12(10-25)7-22-23-14/h1-2,7-8,11H,3-6,9-10H2,(H,22,23)/t11-/m0/s1. The van der Waals surface area contributed by atoms with E-state index in [1.165, 1.54) is 6.07 Å². The summed E-state index contributed by atoms with van der Waals surface area (Å²) in [5, 5.41) is 6.96. The first kappa shape index (κ1) is 16.9. The van der Waals surface area contributed by atoms with Crippen molar-refractivity contribution in [3.05, 3.63) is 41.3 Å². The number of halogens is 3. The van der Waals surface area contributed by atoms with Crippen molar-refractivity contribution in [2.75, 3.05) is 24.5 Å². The van der Waals surface area contributed by atoms with Gasteiger partial charge in [-0.25, -0.2) is 4.98 Å². The van der Waals surface area contributed by atoms with Gasteiger partial charge in [0, 0.05) is 50.1 Å². The van der Waals surface area contributed by atoms with Crippen molar-refractivity contribution in [3.63, 3.8) is 0 Å². The Morgan fingerprint density at radius 2 is 2.08 bits per heavy atom. The summed E-state index contributed by atoms with van der Waals surface area (Å²) in [5.41, 5.74) is 1.36. The van der Waals surface area contributed by atoms with Gasteiger partial charge in [0.1, 0.15) is 5.82 Å².